The van der Waals surface area contributed by atoms with Gasteiger partial charge in [-0.15, -0.1) is 0 Å². The average molecular weight is 223 g/mol. The molecule has 0 amide bonds. The lowest BCUT2D eigenvalue weighted by molar-refractivity contribution is 0.645. The molecule has 0 aliphatic carbocycles. The second kappa shape index (κ2) is 3.63. The van der Waals surface area contributed by atoms with Crippen molar-refractivity contribution in [3.8, 4) is 0 Å². The van der Waals surface area contributed by atoms with Gasteiger partial charge in [-0.3, -0.25) is 4.31 Å². The van der Waals surface area contributed by atoms with E-state index in [0.29, 0.717) is 0 Å². The highest BCUT2D eigenvalue weighted by molar-refractivity contribution is 7.87. The molecule has 0 spiro atoms. The molecular formula is C12H17NOS. The van der Waals surface area contributed by atoms with Crippen LogP contribution >= 0.6 is 0 Å². The van der Waals surface area contributed by atoms with Gasteiger partial charge in [0.2, 0.25) is 0 Å². The Morgan fingerprint density at radius 3 is 2.60 bits per heavy atom. The van der Waals surface area contributed by atoms with E-state index in [1.165, 1.54) is 5.56 Å². The van der Waals surface area contributed by atoms with E-state index in [4.69, 9.17) is 0 Å². The second-order valence-corrected chi connectivity index (χ2v) is 7.01. The van der Waals surface area contributed by atoms with Crippen molar-refractivity contribution in [1.82, 2.24) is 0 Å². The summed E-state index contributed by atoms with van der Waals surface area (Å²) in [6.45, 7) is 6.93. The third kappa shape index (κ3) is 1.93. The lowest BCUT2D eigenvalue weighted by atomic mass is 10.2. The highest BCUT2D eigenvalue weighted by Gasteiger charge is 2.30. The Morgan fingerprint density at radius 2 is 1.93 bits per heavy atom. The number of hydrogen-bond donors (Lipinski definition) is 0. The lowest BCUT2D eigenvalue weighted by Crippen LogP contribution is -2.36. The molecule has 0 bridgehead atoms. The van der Waals surface area contributed by atoms with E-state index in [1.54, 1.807) is 0 Å². The molecule has 0 radical (unpaired) electrons. The molecule has 1 aliphatic rings. The van der Waals surface area contributed by atoms with Crippen LogP contribution in [0.4, 0.5) is 5.69 Å². The predicted octanol–water partition coefficient (Wildman–Crippen LogP) is 2.51. The minimum atomic E-state index is -0.941. The molecule has 82 valence electrons. The molecule has 1 atom stereocenters. The van der Waals surface area contributed by atoms with E-state index in [2.05, 4.69) is 12.1 Å². The van der Waals surface area contributed by atoms with Crippen LogP contribution in [0.15, 0.2) is 24.3 Å². The molecule has 1 heterocycles. The number of para-hydroxylation sites is 1. The highest BCUT2D eigenvalue weighted by atomic mass is 32.2. The zero-order valence-corrected chi connectivity index (χ0v) is 10.3. The first-order valence-electron chi connectivity index (χ1n) is 5.27. The van der Waals surface area contributed by atoms with Gasteiger partial charge in [-0.1, -0.05) is 18.2 Å². The lowest BCUT2D eigenvalue weighted by Gasteiger charge is -2.27. The van der Waals surface area contributed by atoms with Gasteiger partial charge in [0, 0.05) is 6.54 Å². The number of hydrogen-bond acceptors (Lipinski definition) is 1. The zero-order chi connectivity index (χ0) is 11.1. The fraction of sp³-hybridized carbons (Fsp3) is 0.500. The third-order valence-corrected chi connectivity index (χ3v) is 4.40. The van der Waals surface area contributed by atoms with Crippen LogP contribution in [0, 0.1) is 0 Å². The molecule has 2 nitrogen and oxygen atoms in total. The maximum atomic E-state index is 12.3. The smallest absolute Gasteiger partial charge is 0.125 e. The van der Waals surface area contributed by atoms with Crippen molar-refractivity contribution in [2.75, 3.05) is 10.8 Å². The van der Waals surface area contributed by atoms with E-state index in [-0.39, 0.29) is 4.75 Å². The van der Waals surface area contributed by atoms with Gasteiger partial charge in [0.25, 0.3) is 0 Å². The van der Waals surface area contributed by atoms with E-state index in [9.17, 15) is 4.21 Å². The number of anilines is 1. The van der Waals surface area contributed by atoms with Crippen LogP contribution in [0.3, 0.4) is 0 Å². The van der Waals surface area contributed by atoms with Gasteiger partial charge < -0.3 is 0 Å². The van der Waals surface area contributed by atoms with Crippen LogP contribution in [0.5, 0.6) is 0 Å². The Labute approximate surface area is 93.9 Å². The molecule has 0 N–H and O–H groups in total. The molecule has 1 aliphatic heterocycles. The third-order valence-electron chi connectivity index (χ3n) is 2.57. The van der Waals surface area contributed by atoms with Crippen molar-refractivity contribution < 1.29 is 4.21 Å². The fourth-order valence-corrected chi connectivity index (χ4v) is 3.09. The molecule has 2 rings (SSSR count). The van der Waals surface area contributed by atoms with Gasteiger partial charge in [-0.05, 0) is 38.8 Å². The molecule has 0 aromatic heterocycles. The quantitative estimate of drug-likeness (QED) is 0.716. The van der Waals surface area contributed by atoms with Crippen LogP contribution in [-0.4, -0.2) is 15.5 Å². The molecule has 1 unspecified atom stereocenters. The fourth-order valence-electron chi connectivity index (χ4n) is 1.81. The summed E-state index contributed by atoms with van der Waals surface area (Å²) in [4.78, 5) is 0. The zero-order valence-electron chi connectivity index (χ0n) is 9.49. The normalized spacial score (nSPS) is 17.7. The van der Waals surface area contributed by atoms with Crippen molar-refractivity contribution in [3.63, 3.8) is 0 Å². The van der Waals surface area contributed by atoms with Crippen molar-refractivity contribution in [3.05, 3.63) is 29.8 Å². The largest absolute Gasteiger partial charge is 0.291 e. The summed E-state index contributed by atoms with van der Waals surface area (Å²) < 4.78 is 14.1. The van der Waals surface area contributed by atoms with E-state index >= 15 is 0 Å². The summed E-state index contributed by atoms with van der Waals surface area (Å²) >= 11 is 0. The minimum Gasteiger partial charge on any atom is -0.291 e. The van der Waals surface area contributed by atoms with Gasteiger partial charge in [-0.25, -0.2) is 4.21 Å². The number of rotatable bonds is 1. The number of nitrogens with zero attached hydrogens (tertiary/aromatic N) is 1. The maximum Gasteiger partial charge on any atom is 0.125 e. The predicted molar refractivity (Wildman–Crippen MR) is 65.4 cm³/mol. The van der Waals surface area contributed by atoms with Gasteiger partial charge in [0.1, 0.15) is 11.0 Å². The van der Waals surface area contributed by atoms with Crippen LogP contribution in [0.25, 0.3) is 0 Å². The Hall–Kier alpha value is -0.830. The summed E-state index contributed by atoms with van der Waals surface area (Å²) in [6.07, 6.45) is 1.01. The number of fused-ring (bicyclic) bond motifs is 1. The maximum absolute atomic E-state index is 12.3. The summed E-state index contributed by atoms with van der Waals surface area (Å²) in [5.41, 5.74) is 2.46. The Balaban J connectivity index is 2.32. The Morgan fingerprint density at radius 1 is 1.27 bits per heavy atom. The van der Waals surface area contributed by atoms with Gasteiger partial charge >= 0.3 is 0 Å². The van der Waals surface area contributed by atoms with E-state index in [1.807, 2.05) is 37.2 Å². The molecule has 3 heteroatoms. The highest BCUT2D eigenvalue weighted by Crippen LogP contribution is 2.31. The summed E-state index contributed by atoms with van der Waals surface area (Å²) in [5.74, 6) is 0. The molecular weight excluding hydrogens is 206 g/mol. The van der Waals surface area contributed by atoms with Crippen LogP contribution in [-0.2, 0) is 17.4 Å². The topological polar surface area (TPSA) is 20.3 Å². The monoisotopic (exact) mass is 223 g/mol. The van der Waals surface area contributed by atoms with Crippen LogP contribution in [0.2, 0.25) is 0 Å². The van der Waals surface area contributed by atoms with E-state index < -0.39 is 11.0 Å². The van der Waals surface area contributed by atoms with Crippen molar-refractivity contribution in [2.45, 2.75) is 31.9 Å². The van der Waals surface area contributed by atoms with Crippen LogP contribution < -0.4 is 4.31 Å². The molecule has 15 heavy (non-hydrogen) atoms. The Kier molecular flexibility index (Phi) is 2.59. The first kappa shape index (κ1) is 10.7. The van der Waals surface area contributed by atoms with Crippen molar-refractivity contribution >= 4 is 16.7 Å². The number of benzene rings is 1. The van der Waals surface area contributed by atoms with Crippen molar-refractivity contribution in [1.29, 1.82) is 0 Å². The Bertz CT molecular complexity index is 395. The molecule has 0 saturated carbocycles. The van der Waals surface area contributed by atoms with Crippen molar-refractivity contribution in [2.24, 2.45) is 0 Å². The SMILES string of the molecule is CC(C)(C)S(=O)N1CCc2ccccc21. The van der Waals surface area contributed by atoms with Crippen LogP contribution in [0.1, 0.15) is 26.3 Å². The summed E-state index contributed by atoms with van der Waals surface area (Å²) in [6, 6.07) is 8.24. The minimum absolute atomic E-state index is 0.183. The van der Waals surface area contributed by atoms with Gasteiger partial charge in [0.05, 0.1) is 10.4 Å². The van der Waals surface area contributed by atoms with E-state index in [0.717, 1.165) is 18.7 Å². The molecule has 1 aromatic rings. The standard InChI is InChI=1S/C12H17NOS/c1-12(2,3)15(14)13-9-8-10-6-4-5-7-11(10)13/h4-7H,8-9H2,1-3H3. The first-order chi connectivity index (χ1) is 7.00. The summed E-state index contributed by atoms with van der Waals surface area (Å²) in [5, 5.41) is 0. The molecule has 0 saturated heterocycles. The van der Waals surface area contributed by atoms with Gasteiger partial charge in [-0.2, -0.15) is 0 Å². The van der Waals surface area contributed by atoms with Gasteiger partial charge in [0.15, 0.2) is 0 Å². The molecule has 1 aromatic carbocycles. The second-order valence-electron chi connectivity index (χ2n) is 4.84. The first-order valence-corrected chi connectivity index (χ1v) is 6.38. The average Bonchev–Trinajstić information content (AvgIpc) is 2.58. The summed E-state index contributed by atoms with van der Waals surface area (Å²) in [7, 11) is -0.941. The molecule has 0 fully saturated rings.